The number of hydrogen-bond donors (Lipinski definition) is 2. The molecule has 0 radical (unpaired) electrons. The first kappa shape index (κ1) is 29.8. The monoisotopic (exact) mass is 607 g/mol. The lowest BCUT2D eigenvalue weighted by molar-refractivity contribution is -0.245. The number of thioether (sulfide) groups is 1. The van der Waals surface area contributed by atoms with Crippen LogP contribution >= 0.6 is 11.8 Å². The molecule has 0 aliphatic carbocycles. The average molecular weight is 608 g/mol. The molecule has 1 aromatic heterocycles. The van der Waals surface area contributed by atoms with E-state index in [1.165, 1.54) is 6.20 Å². The van der Waals surface area contributed by atoms with E-state index in [1.54, 1.807) is 18.9 Å². The summed E-state index contributed by atoms with van der Waals surface area (Å²) in [7, 11) is 1.68. The first-order valence-electron chi connectivity index (χ1n) is 14.4. The summed E-state index contributed by atoms with van der Waals surface area (Å²) in [6, 6.07) is 31.2. The zero-order valence-corrected chi connectivity index (χ0v) is 25.1. The molecule has 6 rings (SSSR count). The van der Waals surface area contributed by atoms with E-state index in [1.807, 2.05) is 91.0 Å². The molecule has 2 N–H and O–H groups in total. The van der Waals surface area contributed by atoms with Crippen molar-refractivity contribution in [2.24, 2.45) is 0 Å². The molecule has 5 aromatic rings. The van der Waals surface area contributed by atoms with E-state index in [9.17, 15) is 9.90 Å². The molecule has 0 unspecified atom stereocenters. The summed E-state index contributed by atoms with van der Waals surface area (Å²) >= 11 is 1.70. The van der Waals surface area contributed by atoms with Crippen LogP contribution < -0.4 is 10.1 Å². The highest BCUT2D eigenvalue weighted by atomic mass is 32.2. The molecule has 8 nitrogen and oxygen atoms in total. The van der Waals surface area contributed by atoms with Crippen molar-refractivity contribution in [3.63, 3.8) is 0 Å². The van der Waals surface area contributed by atoms with Gasteiger partial charge in [0.1, 0.15) is 11.4 Å². The van der Waals surface area contributed by atoms with Gasteiger partial charge in [-0.3, -0.25) is 9.78 Å². The predicted octanol–water partition coefficient (Wildman–Crippen LogP) is 6.40. The molecule has 4 aromatic carbocycles. The van der Waals surface area contributed by atoms with E-state index in [0.29, 0.717) is 18.5 Å². The van der Waals surface area contributed by atoms with Crippen LogP contribution in [0, 0.1) is 0 Å². The van der Waals surface area contributed by atoms with E-state index in [4.69, 9.17) is 14.2 Å². The molecular weight excluding hydrogens is 574 g/mol. The van der Waals surface area contributed by atoms with Crippen LogP contribution in [0.15, 0.2) is 108 Å². The van der Waals surface area contributed by atoms with Crippen molar-refractivity contribution >= 4 is 28.7 Å². The highest BCUT2D eigenvalue weighted by molar-refractivity contribution is 7.99. The van der Waals surface area contributed by atoms with Crippen LogP contribution in [-0.4, -0.2) is 39.9 Å². The molecule has 1 fully saturated rings. The molecule has 0 saturated carbocycles. The standard InChI is InChI=1S/C35H33N3O5S/c1-41-31-8-4-5-9-33(31)44-22-27-18-32(25-14-12-24(21-39)13-15-25)43-35(42-27)26-16-10-23(11-17-26)19-37-34(40)30-20-36-28-6-2-3-7-29(28)38-30/h2-17,20,27,32,35,39H,18-19,21-22H2,1H3,(H,37,40)/t27-,32+,35+/m1/s1. The maximum atomic E-state index is 12.8. The Hall–Kier alpha value is -4.28. The largest absolute Gasteiger partial charge is 0.496 e. The van der Waals surface area contributed by atoms with E-state index < -0.39 is 6.29 Å². The van der Waals surface area contributed by atoms with Gasteiger partial charge in [0.15, 0.2) is 6.29 Å². The number of aromatic nitrogens is 2. The fourth-order valence-corrected chi connectivity index (χ4v) is 6.12. The summed E-state index contributed by atoms with van der Waals surface area (Å²) in [6.07, 6.45) is 1.37. The molecule has 3 atom stereocenters. The normalized spacial score (nSPS) is 18.2. The van der Waals surface area contributed by atoms with Crippen LogP contribution in [0.5, 0.6) is 5.75 Å². The highest BCUT2D eigenvalue weighted by Crippen LogP contribution is 2.40. The van der Waals surface area contributed by atoms with Gasteiger partial charge in [-0.1, -0.05) is 72.8 Å². The number of nitrogens with one attached hydrogen (secondary N) is 1. The Morgan fingerprint density at radius 2 is 1.61 bits per heavy atom. The number of methoxy groups -OCH3 is 1. The number of amides is 1. The zero-order chi connectivity index (χ0) is 30.3. The quantitative estimate of drug-likeness (QED) is 0.176. The van der Waals surface area contributed by atoms with Crippen molar-refractivity contribution in [3.05, 3.63) is 131 Å². The number of fused-ring (bicyclic) bond motifs is 1. The number of rotatable bonds is 10. The fraction of sp³-hybridized carbons (Fsp3) is 0.229. The minimum Gasteiger partial charge on any atom is -0.496 e. The van der Waals surface area contributed by atoms with Gasteiger partial charge in [0.2, 0.25) is 0 Å². The van der Waals surface area contributed by atoms with E-state index in [0.717, 1.165) is 44.2 Å². The van der Waals surface area contributed by atoms with Crippen molar-refractivity contribution in [2.45, 2.75) is 43.0 Å². The summed E-state index contributed by atoms with van der Waals surface area (Å²) in [5, 5.41) is 12.4. The van der Waals surface area contributed by atoms with Gasteiger partial charge < -0.3 is 24.6 Å². The first-order chi connectivity index (χ1) is 21.6. The Morgan fingerprint density at radius 3 is 2.39 bits per heavy atom. The SMILES string of the molecule is COc1ccccc1SC[C@H]1C[C@@H](c2ccc(CO)cc2)O[C@@H](c2ccc(CNC(=O)c3cnc4ccccc4n3)cc2)O1. The van der Waals surface area contributed by atoms with Gasteiger partial charge in [-0.15, -0.1) is 11.8 Å². The molecule has 0 spiro atoms. The van der Waals surface area contributed by atoms with Gasteiger partial charge in [0.05, 0.1) is 43.2 Å². The third kappa shape index (κ3) is 7.09. The van der Waals surface area contributed by atoms with Gasteiger partial charge in [0.25, 0.3) is 5.91 Å². The molecule has 44 heavy (non-hydrogen) atoms. The van der Waals surface area contributed by atoms with Crippen molar-refractivity contribution in [1.29, 1.82) is 0 Å². The van der Waals surface area contributed by atoms with Gasteiger partial charge in [0, 0.05) is 29.2 Å². The number of benzene rings is 4. The fourth-order valence-electron chi connectivity index (χ4n) is 5.08. The highest BCUT2D eigenvalue weighted by Gasteiger charge is 2.32. The molecule has 1 aliphatic rings. The summed E-state index contributed by atoms with van der Waals surface area (Å²) in [5.41, 5.74) is 5.43. The van der Waals surface area contributed by atoms with Crippen LogP contribution in [0.1, 0.15) is 51.6 Å². The minimum atomic E-state index is -0.564. The molecule has 2 heterocycles. The second kappa shape index (κ2) is 14.0. The molecule has 1 amide bonds. The molecule has 0 bridgehead atoms. The molecule has 1 saturated heterocycles. The summed E-state index contributed by atoms with van der Waals surface area (Å²) < 4.78 is 18.5. The van der Waals surface area contributed by atoms with Crippen LogP contribution in [0.25, 0.3) is 11.0 Å². The number of aliphatic hydroxyl groups is 1. The maximum absolute atomic E-state index is 12.8. The van der Waals surface area contributed by atoms with Crippen LogP contribution in [0.3, 0.4) is 0 Å². The van der Waals surface area contributed by atoms with E-state index >= 15 is 0 Å². The Kier molecular flexibility index (Phi) is 9.48. The first-order valence-corrected chi connectivity index (χ1v) is 15.4. The smallest absolute Gasteiger partial charge is 0.271 e. The van der Waals surface area contributed by atoms with Crippen LogP contribution in [0.2, 0.25) is 0 Å². The Morgan fingerprint density at radius 1 is 0.909 bits per heavy atom. The van der Waals surface area contributed by atoms with E-state index in [2.05, 4.69) is 21.4 Å². The number of ether oxygens (including phenoxy) is 3. The molecule has 224 valence electrons. The lowest BCUT2D eigenvalue weighted by atomic mass is 10.0. The molecular formula is C35H33N3O5S. The summed E-state index contributed by atoms with van der Waals surface area (Å²) in [5.74, 6) is 1.29. The second-order valence-electron chi connectivity index (χ2n) is 10.5. The number of carbonyl (C=O) groups is 1. The number of para-hydroxylation sites is 3. The van der Waals surface area contributed by atoms with Gasteiger partial charge in [-0.05, 0) is 41.0 Å². The number of carbonyl (C=O) groups excluding carboxylic acids is 1. The Balaban J connectivity index is 1.14. The number of nitrogens with zero attached hydrogens (tertiary/aromatic N) is 2. The number of hydrogen-bond acceptors (Lipinski definition) is 8. The van der Waals surface area contributed by atoms with Crippen LogP contribution in [-0.2, 0) is 22.6 Å². The number of aliphatic hydroxyl groups excluding tert-OH is 1. The summed E-state index contributed by atoms with van der Waals surface area (Å²) in [6.45, 7) is 0.343. The Bertz CT molecular complexity index is 1710. The van der Waals surface area contributed by atoms with Gasteiger partial charge in [-0.2, -0.15) is 0 Å². The lowest BCUT2D eigenvalue weighted by Gasteiger charge is -2.36. The van der Waals surface area contributed by atoms with Gasteiger partial charge >= 0.3 is 0 Å². The average Bonchev–Trinajstić information content (AvgIpc) is 3.09. The third-order valence-electron chi connectivity index (χ3n) is 7.49. The van der Waals surface area contributed by atoms with Crippen molar-refractivity contribution in [2.75, 3.05) is 12.9 Å². The molecule has 1 aliphatic heterocycles. The van der Waals surface area contributed by atoms with Gasteiger partial charge in [-0.25, -0.2) is 4.98 Å². The minimum absolute atomic E-state index is 0.00181. The zero-order valence-electron chi connectivity index (χ0n) is 24.3. The van der Waals surface area contributed by atoms with E-state index in [-0.39, 0.29) is 30.4 Å². The van der Waals surface area contributed by atoms with Crippen molar-refractivity contribution < 1.29 is 24.1 Å². The predicted molar refractivity (Wildman–Crippen MR) is 169 cm³/mol. The Labute approximate surface area is 260 Å². The van der Waals surface area contributed by atoms with Crippen molar-refractivity contribution in [1.82, 2.24) is 15.3 Å². The second-order valence-corrected chi connectivity index (χ2v) is 11.5. The lowest BCUT2D eigenvalue weighted by Crippen LogP contribution is -2.31. The van der Waals surface area contributed by atoms with Crippen LogP contribution in [0.4, 0.5) is 0 Å². The summed E-state index contributed by atoms with van der Waals surface area (Å²) in [4.78, 5) is 22.6. The maximum Gasteiger partial charge on any atom is 0.271 e. The third-order valence-corrected chi connectivity index (χ3v) is 8.68. The topological polar surface area (TPSA) is 103 Å². The molecule has 9 heteroatoms. The van der Waals surface area contributed by atoms with Crippen molar-refractivity contribution in [3.8, 4) is 5.75 Å².